The summed E-state index contributed by atoms with van der Waals surface area (Å²) in [6.07, 6.45) is -0.00290. The Hall–Kier alpha value is -2.04. The van der Waals surface area contributed by atoms with Gasteiger partial charge in [0.25, 0.3) is 5.91 Å². The number of carbonyl (C=O) groups is 2. The van der Waals surface area contributed by atoms with Crippen LogP contribution in [0.4, 0.5) is 10.1 Å². The molecule has 4 rings (SSSR count). The van der Waals surface area contributed by atoms with Crippen LogP contribution in [0.5, 0.6) is 0 Å². The van der Waals surface area contributed by atoms with Crippen molar-refractivity contribution < 1.29 is 27.3 Å². The Morgan fingerprint density at radius 2 is 1.68 bits per heavy atom. The number of nitrogens with zero attached hydrogens (tertiary/aromatic N) is 2. The van der Waals surface area contributed by atoms with Crippen molar-refractivity contribution >= 4 is 50.7 Å². The molecule has 2 saturated heterocycles. The molecule has 11 heteroatoms. The Bertz CT molecular complexity index is 1150. The van der Waals surface area contributed by atoms with Crippen LogP contribution >= 0.6 is 23.2 Å². The first-order valence-electron chi connectivity index (χ1n) is 9.62. The molecule has 2 heterocycles. The molecule has 0 spiro atoms. The summed E-state index contributed by atoms with van der Waals surface area (Å²) in [6.45, 7) is 0.854. The summed E-state index contributed by atoms with van der Waals surface area (Å²) in [5.41, 5.74) is 0.242. The minimum absolute atomic E-state index is 0.00290. The van der Waals surface area contributed by atoms with Crippen molar-refractivity contribution in [2.75, 3.05) is 31.1 Å². The maximum Gasteiger partial charge on any atom is 0.292 e. The predicted octanol–water partition coefficient (Wildman–Crippen LogP) is 1.35. The van der Waals surface area contributed by atoms with Crippen LogP contribution in [-0.4, -0.2) is 56.8 Å². The molecule has 0 unspecified atom stereocenters. The maximum atomic E-state index is 14.0. The third-order valence-corrected chi connectivity index (χ3v) is 8.37. The summed E-state index contributed by atoms with van der Waals surface area (Å²) in [4.78, 5) is 27.1. The van der Waals surface area contributed by atoms with Crippen LogP contribution in [0.3, 0.4) is 0 Å². The number of piperazine rings is 1. The number of benzene rings is 2. The number of hydrogen-bond acceptors (Lipinski definition) is 4. The number of imide groups is 1. The molecule has 2 aromatic rings. The number of halogens is 3. The van der Waals surface area contributed by atoms with E-state index in [-0.39, 0.29) is 46.0 Å². The lowest BCUT2D eigenvalue weighted by molar-refractivity contribution is -0.918. The van der Waals surface area contributed by atoms with Gasteiger partial charge in [0, 0.05) is 0 Å². The summed E-state index contributed by atoms with van der Waals surface area (Å²) in [7, 11) is -3.98. The van der Waals surface area contributed by atoms with E-state index < -0.39 is 27.8 Å². The monoisotopic (exact) mass is 486 g/mol. The van der Waals surface area contributed by atoms with Gasteiger partial charge in [0.2, 0.25) is 15.9 Å². The molecule has 0 aromatic heterocycles. The standard InChI is InChI=1S/C20H18Cl2FN3O4S/c21-13-4-3-6-15(19(13)22)26-18(27)12-16(20(26)28)24-8-10-25(11-9-24)31(29,30)17-7-2-1-5-14(17)23/h1-7,16H,8-12H2/p+1/t16-/m1/s1. The van der Waals surface area contributed by atoms with Crippen molar-refractivity contribution in [3.05, 3.63) is 58.3 Å². The highest BCUT2D eigenvalue weighted by molar-refractivity contribution is 7.89. The van der Waals surface area contributed by atoms with Gasteiger partial charge in [-0.3, -0.25) is 9.59 Å². The van der Waals surface area contributed by atoms with E-state index in [4.69, 9.17) is 23.2 Å². The fraction of sp³-hybridized carbons (Fsp3) is 0.300. The maximum absolute atomic E-state index is 14.0. The first-order chi connectivity index (χ1) is 14.7. The van der Waals surface area contributed by atoms with Gasteiger partial charge in [-0.2, -0.15) is 4.31 Å². The van der Waals surface area contributed by atoms with Crippen molar-refractivity contribution in [3.8, 4) is 0 Å². The third-order valence-electron chi connectivity index (χ3n) is 5.63. The van der Waals surface area contributed by atoms with Crippen LogP contribution in [0.15, 0.2) is 47.4 Å². The van der Waals surface area contributed by atoms with Gasteiger partial charge in [0.05, 0.1) is 48.3 Å². The van der Waals surface area contributed by atoms with Crippen LogP contribution in [0, 0.1) is 5.82 Å². The van der Waals surface area contributed by atoms with E-state index in [0.29, 0.717) is 13.1 Å². The SMILES string of the molecule is O=C1C[C@@H]([NH+]2CCN(S(=O)(=O)c3ccccc3F)CC2)C(=O)N1c1cccc(Cl)c1Cl. The summed E-state index contributed by atoms with van der Waals surface area (Å²) in [5.74, 6) is -1.58. The second-order valence-corrected chi connectivity index (χ2v) is 10.1. The molecule has 1 N–H and O–H groups in total. The molecule has 0 saturated carbocycles. The van der Waals surface area contributed by atoms with E-state index in [1.807, 2.05) is 0 Å². The lowest BCUT2D eigenvalue weighted by Gasteiger charge is -2.33. The molecule has 0 radical (unpaired) electrons. The van der Waals surface area contributed by atoms with Gasteiger partial charge >= 0.3 is 0 Å². The Morgan fingerprint density at radius 3 is 2.35 bits per heavy atom. The van der Waals surface area contributed by atoms with Crippen molar-refractivity contribution in [2.24, 2.45) is 0 Å². The summed E-state index contributed by atoms with van der Waals surface area (Å²) < 4.78 is 40.8. The first-order valence-corrected chi connectivity index (χ1v) is 11.8. The molecular formula is C20H19Cl2FN3O4S+. The number of carbonyl (C=O) groups excluding carboxylic acids is 2. The Labute approximate surface area is 189 Å². The average molecular weight is 487 g/mol. The van der Waals surface area contributed by atoms with Gasteiger partial charge in [0.1, 0.15) is 10.7 Å². The minimum atomic E-state index is -3.98. The number of hydrogen-bond donors (Lipinski definition) is 1. The van der Waals surface area contributed by atoms with E-state index in [1.54, 1.807) is 18.2 Å². The number of sulfonamides is 1. The van der Waals surface area contributed by atoms with Gasteiger partial charge in [0.15, 0.2) is 6.04 Å². The van der Waals surface area contributed by atoms with Crippen LogP contribution in [0.25, 0.3) is 0 Å². The van der Waals surface area contributed by atoms with Crippen LogP contribution in [-0.2, 0) is 19.6 Å². The number of anilines is 1. The second-order valence-electron chi connectivity index (χ2n) is 7.39. The molecule has 0 bridgehead atoms. The van der Waals surface area contributed by atoms with E-state index >= 15 is 0 Å². The molecule has 1 atom stereocenters. The highest BCUT2D eigenvalue weighted by Crippen LogP contribution is 2.34. The lowest BCUT2D eigenvalue weighted by atomic mass is 10.2. The number of quaternary nitrogens is 1. The highest BCUT2D eigenvalue weighted by atomic mass is 35.5. The van der Waals surface area contributed by atoms with Gasteiger partial charge < -0.3 is 4.90 Å². The normalized spacial score (nSPS) is 21.1. The second kappa shape index (κ2) is 8.48. The molecular weight excluding hydrogens is 468 g/mol. The first kappa shape index (κ1) is 22.2. The Kier molecular flexibility index (Phi) is 6.06. The minimum Gasteiger partial charge on any atom is -0.322 e. The van der Waals surface area contributed by atoms with Crippen molar-refractivity contribution in [1.29, 1.82) is 0 Å². The Balaban J connectivity index is 1.48. The molecule has 164 valence electrons. The largest absolute Gasteiger partial charge is 0.322 e. The zero-order valence-corrected chi connectivity index (χ0v) is 18.6. The fourth-order valence-corrected chi connectivity index (χ4v) is 5.91. The van der Waals surface area contributed by atoms with E-state index in [1.165, 1.54) is 22.5 Å². The fourth-order valence-electron chi connectivity index (χ4n) is 4.02. The molecule has 0 aliphatic carbocycles. The molecule has 7 nitrogen and oxygen atoms in total. The van der Waals surface area contributed by atoms with Gasteiger partial charge in [-0.1, -0.05) is 41.4 Å². The number of nitrogens with one attached hydrogen (secondary N) is 1. The molecule has 31 heavy (non-hydrogen) atoms. The zero-order valence-electron chi connectivity index (χ0n) is 16.2. The van der Waals surface area contributed by atoms with Crippen molar-refractivity contribution in [1.82, 2.24) is 4.31 Å². The average Bonchev–Trinajstić information content (AvgIpc) is 3.04. The Morgan fingerprint density at radius 1 is 1.00 bits per heavy atom. The van der Waals surface area contributed by atoms with Crippen molar-refractivity contribution in [3.63, 3.8) is 0 Å². The molecule has 2 aliphatic heterocycles. The number of amides is 2. The zero-order chi connectivity index (χ0) is 22.3. The molecule has 2 amide bonds. The van der Waals surface area contributed by atoms with Gasteiger partial charge in [-0.05, 0) is 24.3 Å². The van der Waals surface area contributed by atoms with Crippen LogP contribution in [0.2, 0.25) is 10.0 Å². The van der Waals surface area contributed by atoms with Gasteiger partial charge in [-0.15, -0.1) is 0 Å². The quantitative estimate of drug-likeness (QED) is 0.661. The van der Waals surface area contributed by atoms with Crippen LogP contribution in [0.1, 0.15) is 6.42 Å². The van der Waals surface area contributed by atoms with E-state index in [9.17, 15) is 22.4 Å². The topological polar surface area (TPSA) is 79.2 Å². The van der Waals surface area contributed by atoms with E-state index in [2.05, 4.69) is 0 Å². The summed E-state index contributed by atoms with van der Waals surface area (Å²) in [5, 5.41) is 0.366. The molecule has 2 aliphatic rings. The van der Waals surface area contributed by atoms with Gasteiger partial charge in [-0.25, -0.2) is 17.7 Å². The third kappa shape index (κ3) is 3.96. The lowest BCUT2D eigenvalue weighted by Crippen LogP contribution is -3.19. The summed E-state index contributed by atoms with van der Waals surface area (Å²) >= 11 is 12.2. The predicted molar refractivity (Wildman–Crippen MR) is 113 cm³/mol. The summed E-state index contributed by atoms with van der Waals surface area (Å²) in [6, 6.07) is 9.32. The molecule has 2 aromatic carbocycles. The number of rotatable bonds is 4. The van der Waals surface area contributed by atoms with Crippen LogP contribution < -0.4 is 9.80 Å². The smallest absolute Gasteiger partial charge is 0.292 e. The van der Waals surface area contributed by atoms with Crippen molar-refractivity contribution in [2.45, 2.75) is 17.4 Å². The van der Waals surface area contributed by atoms with E-state index in [0.717, 1.165) is 15.9 Å². The highest BCUT2D eigenvalue weighted by Gasteiger charge is 2.47. The molecule has 2 fully saturated rings.